The molecule has 0 aromatic rings. The van der Waals surface area contributed by atoms with Crippen molar-refractivity contribution in [1.82, 2.24) is 0 Å². The third kappa shape index (κ3) is 75.8. The maximum absolute atomic E-state index is 13.1. The normalized spacial score (nSPS) is 14.0. The second kappa shape index (κ2) is 75.4. The zero-order valence-corrected chi connectivity index (χ0v) is 68.0. The van der Waals surface area contributed by atoms with E-state index in [-0.39, 0.29) is 25.7 Å². The summed E-state index contributed by atoms with van der Waals surface area (Å²) in [6.45, 7) is 7.22. The Bertz CT molecular complexity index is 2040. The van der Waals surface area contributed by atoms with Crippen molar-refractivity contribution in [1.29, 1.82) is 0 Å². The van der Waals surface area contributed by atoms with Crippen LogP contribution in [-0.4, -0.2) is 96.7 Å². The first kappa shape index (κ1) is 99.5. The molecule has 0 amide bonds. The monoisotopic (exact) mass is 1490 g/mol. The Balaban J connectivity index is 5.26. The first-order valence-corrected chi connectivity index (χ1v) is 45.4. The highest BCUT2D eigenvalue weighted by molar-refractivity contribution is 7.47. The summed E-state index contributed by atoms with van der Waals surface area (Å²) in [4.78, 5) is 73.1. The van der Waals surface area contributed by atoms with Crippen LogP contribution in [0.25, 0.3) is 0 Å². The van der Waals surface area contributed by atoms with Gasteiger partial charge in [0.1, 0.15) is 19.3 Å². The van der Waals surface area contributed by atoms with Crippen LogP contribution in [0.3, 0.4) is 0 Å². The van der Waals surface area contributed by atoms with Crippen LogP contribution in [0, 0.1) is 5.92 Å². The van der Waals surface area contributed by atoms with Gasteiger partial charge in [-0.25, -0.2) is 9.13 Å². The number of carbonyl (C=O) groups is 4. The van der Waals surface area contributed by atoms with Crippen molar-refractivity contribution in [2.75, 3.05) is 39.6 Å². The van der Waals surface area contributed by atoms with Crippen molar-refractivity contribution in [3.8, 4) is 0 Å². The maximum Gasteiger partial charge on any atom is 0.472 e. The van der Waals surface area contributed by atoms with Gasteiger partial charge in [-0.05, 0) is 57.3 Å². The summed E-state index contributed by atoms with van der Waals surface area (Å²) in [5, 5.41) is 10.6. The summed E-state index contributed by atoms with van der Waals surface area (Å²) >= 11 is 0. The molecule has 0 heterocycles. The predicted molar refractivity (Wildman–Crippen MR) is 418 cm³/mol. The highest BCUT2D eigenvalue weighted by Gasteiger charge is 2.30. The van der Waals surface area contributed by atoms with E-state index in [1.165, 1.54) is 225 Å². The molecule has 0 aromatic carbocycles. The quantitative estimate of drug-likeness (QED) is 0.0169. The smallest absolute Gasteiger partial charge is 0.462 e. The van der Waals surface area contributed by atoms with E-state index >= 15 is 0 Å². The number of allylic oxidation sites excluding steroid dienone is 4. The molecule has 19 heteroatoms. The Morgan fingerprint density at radius 2 is 0.529 bits per heavy atom. The summed E-state index contributed by atoms with van der Waals surface area (Å²) in [7, 11) is -9.93. The molecule has 0 spiro atoms. The molecule has 0 fully saturated rings. The minimum Gasteiger partial charge on any atom is -0.462 e. The van der Waals surface area contributed by atoms with E-state index in [9.17, 15) is 43.2 Å². The molecule has 0 rings (SSSR count). The first-order valence-electron chi connectivity index (χ1n) is 42.5. The fraction of sp³-hybridized carbons (Fsp3) is 0.904. The Morgan fingerprint density at radius 1 is 0.304 bits per heavy atom. The molecule has 3 N–H and O–H groups in total. The zero-order valence-electron chi connectivity index (χ0n) is 66.2. The minimum atomic E-state index is -4.97. The van der Waals surface area contributed by atoms with Crippen molar-refractivity contribution >= 4 is 39.5 Å². The summed E-state index contributed by atoms with van der Waals surface area (Å²) in [5.74, 6) is -1.43. The molecule has 0 radical (unpaired) electrons. The van der Waals surface area contributed by atoms with Gasteiger partial charge in [0.15, 0.2) is 12.2 Å². The van der Waals surface area contributed by atoms with Gasteiger partial charge in [0, 0.05) is 25.7 Å². The van der Waals surface area contributed by atoms with Gasteiger partial charge in [0.05, 0.1) is 26.4 Å². The van der Waals surface area contributed by atoms with Crippen LogP contribution in [0.4, 0.5) is 0 Å². The van der Waals surface area contributed by atoms with E-state index in [0.717, 1.165) is 109 Å². The zero-order chi connectivity index (χ0) is 74.8. The molecule has 0 aliphatic rings. The number of hydrogen-bond donors (Lipinski definition) is 3. The number of esters is 4. The van der Waals surface area contributed by atoms with Crippen LogP contribution < -0.4 is 0 Å². The fourth-order valence-electron chi connectivity index (χ4n) is 12.4. The van der Waals surface area contributed by atoms with Crippen LogP contribution in [0.15, 0.2) is 24.3 Å². The molecule has 0 saturated carbocycles. The molecule has 0 bridgehead atoms. The molecule has 0 saturated heterocycles. The number of rotatable bonds is 81. The third-order valence-electron chi connectivity index (χ3n) is 18.9. The van der Waals surface area contributed by atoms with Crippen molar-refractivity contribution in [2.24, 2.45) is 5.92 Å². The first-order chi connectivity index (χ1) is 49.5. The average molecular weight is 1490 g/mol. The lowest BCUT2D eigenvalue weighted by molar-refractivity contribution is -0.161. The highest BCUT2D eigenvalue weighted by Crippen LogP contribution is 2.45. The number of ether oxygens (including phenoxy) is 4. The molecule has 17 nitrogen and oxygen atoms in total. The lowest BCUT2D eigenvalue weighted by Gasteiger charge is -2.21. The van der Waals surface area contributed by atoms with Gasteiger partial charge in [-0.3, -0.25) is 37.3 Å². The Labute approximate surface area is 624 Å². The Morgan fingerprint density at radius 3 is 0.804 bits per heavy atom. The van der Waals surface area contributed by atoms with E-state index in [2.05, 4.69) is 58.9 Å². The highest BCUT2D eigenvalue weighted by atomic mass is 31.2. The number of aliphatic hydroxyl groups is 1. The van der Waals surface area contributed by atoms with Crippen molar-refractivity contribution in [2.45, 2.75) is 438 Å². The van der Waals surface area contributed by atoms with Crippen LogP contribution in [0.2, 0.25) is 0 Å². The number of phosphoric ester groups is 2. The van der Waals surface area contributed by atoms with E-state index in [4.69, 9.17) is 37.0 Å². The van der Waals surface area contributed by atoms with E-state index < -0.39 is 97.5 Å². The predicted octanol–water partition coefficient (Wildman–Crippen LogP) is 24.8. The maximum atomic E-state index is 13.1. The van der Waals surface area contributed by atoms with E-state index in [1.54, 1.807) is 0 Å². The second-order valence-corrected chi connectivity index (χ2v) is 32.6. The molecule has 0 aliphatic heterocycles. The Kier molecular flexibility index (Phi) is 73.5. The number of carbonyl (C=O) groups excluding carboxylic acids is 4. The van der Waals surface area contributed by atoms with Gasteiger partial charge >= 0.3 is 39.5 Å². The molecule has 602 valence electrons. The number of aliphatic hydroxyl groups excluding tert-OH is 1. The summed E-state index contributed by atoms with van der Waals surface area (Å²) in [6.07, 6.45) is 70.3. The second-order valence-electron chi connectivity index (χ2n) is 29.7. The molecule has 102 heavy (non-hydrogen) atoms. The van der Waals surface area contributed by atoms with Gasteiger partial charge in [0.25, 0.3) is 0 Å². The SMILES string of the molecule is CCCCCC/C=C\C=C/CCCCCCCC(=O)O[C@H](COC(=O)CCCCCCCCCC(C)C)COP(=O)(O)OC[C@H](O)COP(=O)(O)OC[C@@H](COC(=O)CCCCCCCCCCCCCCCCCCCC)OC(=O)CCCCCCCCCCCCCCCCCCCCC. The van der Waals surface area contributed by atoms with Crippen LogP contribution in [0.1, 0.15) is 420 Å². The Hall–Kier alpha value is -2.46. The fourth-order valence-corrected chi connectivity index (χ4v) is 14.0. The van der Waals surface area contributed by atoms with E-state index in [0.29, 0.717) is 31.6 Å². The molecule has 0 aliphatic carbocycles. The summed E-state index contributed by atoms with van der Waals surface area (Å²) < 4.78 is 68.7. The minimum absolute atomic E-state index is 0.0847. The van der Waals surface area contributed by atoms with Gasteiger partial charge in [-0.2, -0.15) is 0 Å². The van der Waals surface area contributed by atoms with Gasteiger partial charge in [0.2, 0.25) is 0 Å². The van der Waals surface area contributed by atoms with Crippen LogP contribution >= 0.6 is 15.6 Å². The summed E-state index contributed by atoms with van der Waals surface area (Å²) in [6, 6.07) is 0. The van der Waals surface area contributed by atoms with Crippen molar-refractivity contribution < 1.29 is 80.2 Å². The molecular weight excluding hydrogens is 1330 g/mol. The molecule has 2 unspecified atom stereocenters. The van der Waals surface area contributed by atoms with Crippen molar-refractivity contribution in [3.05, 3.63) is 24.3 Å². The standard InChI is InChI=1S/C83H158O17P2/c1-6-9-12-15-18-21-24-27-30-32-34-36-39-42-45-48-53-59-64-69-82(87)99-78(72-93-80(85)66-61-56-51-46-43-40-38-35-33-31-28-25-22-19-16-13-10-7-2)74-97-101(89,90)95-70-77(84)71-96-102(91,92)98-75-79(73-94-81(86)67-62-57-54-49-50-55-60-65-76(4)5)100-83(88)68-63-58-52-47-44-41-37-29-26-23-20-17-14-11-8-3/h23,26,29,37,76-79,84H,6-22,24-25,27-28,30-36,38-75H2,1-5H3,(H,89,90)(H,91,92)/b26-23-,37-29-/t77-,78-,79-/m1/s1. The van der Waals surface area contributed by atoms with Gasteiger partial charge in [-0.1, -0.05) is 367 Å². The number of hydrogen-bond acceptors (Lipinski definition) is 15. The van der Waals surface area contributed by atoms with Crippen LogP contribution in [0.5, 0.6) is 0 Å². The topological polar surface area (TPSA) is 237 Å². The lowest BCUT2D eigenvalue weighted by Crippen LogP contribution is -2.30. The number of phosphoric acid groups is 2. The summed E-state index contributed by atoms with van der Waals surface area (Å²) in [5.41, 5.74) is 0. The van der Waals surface area contributed by atoms with Gasteiger partial charge < -0.3 is 33.8 Å². The average Bonchev–Trinajstić information content (AvgIpc) is 0.911. The van der Waals surface area contributed by atoms with E-state index in [1.807, 2.05) is 0 Å². The van der Waals surface area contributed by atoms with Crippen molar-refractivity contribution in [3.63, 3.8) is 0 Å². The third-order valence-corrected chi connectivity index (χ3v) is 20.8. The van der Waals surface area contributed by atoms with Gasteiger partial charge in [-0.15, -0.1) is 0 Å². The number of unbranched alkanes of at least 4 members (excludes halogenated alkanes) is 50. The van der Waals surface area contributed by atoms with Crippen LogP contribution in [-0.2, 0) is 65.4 Å². The molecule has 5 atom stereocenters. The molecular formula is C83H158O17P2. The lowest BCUT2D eigenvalue weighted by atomic mass is 10.0. The molecule has 0 aromatic heterocycles. The largest absolute Gasteiger partial charge is 0.472 e.